The zero-order chi connectivity index (χ0) is 26.3. The number of rotatable bonds is 11. The average Bonchev–Trinajstić information content (AvgIpc) is 2.80. The summed E-state index contributed by atoms with van der Waals surface area (Å²) in [4.78, 5) is 27.8. The van der Waals surface area contributed by atoms with E-state index in [-0.39, 0.29) is 24.2 Å². The van der Waals surface area contributed by atoms with E-state index >= 15 is 0 Å². The minimum absolute atomic E-state index is 0.0560. The van der Waals surface area contributed by atoms with Gasteiger partial charge in [0, 0.05) is 31.2 Å². The Balaban J connectivity index is 2.47. The predicted octanol–water partition coefficient (Wildman–Crippen LogP) is 3.53. The molecular weight excluding hydrogens is 539 g/mol. The van der Waals surface area contributed by atoms with Crippen LogP contribution >= 0.6 is 15.9 Å². The number of nitrogens with zero attached hydrogens (tertiary/aromatic N) is 3. The first-order valence-electron chi connectivity index (χ1n) is 11.2. The lowest BCUT2D eigenvalue weighted by atomic mass is 10.1. The van der Waals surface area contributed by atoms with Crippen LogP contribution in [0.1, 0.15) is 32.8 Å². The van der Waals surface area contributed by atoms with Crippen molar-refractivity contribution in [1.29, 1.82) is 0 Å². The fraction of sp³-hybridized carbons (Fsp3) is 0.417. The molecule has 0 aromatic heterocycles. The van der Waals surface area contributed by atoms with Crippen molar-refractivity contribution in [1.82, 2.24) is 14.5 Å². The molecule has 2 aromatic rings. The molecule has 0 spiro atoms. The van der Waals surface area contributed by atoms with Crippen LogP contribution in [0.15, 0.2) is 53.0 Å². The highest BCUT2D eigenvalue weighted by molar-refractivity contribution is 9.10. The van der Waals surface area contributed by atoms with Crippen molar-refractivity contribution in [2.24, 2.45) is 0 Å². The van der Waals surface area contributed by atoms with Crippen molar-refractivity contribution in [2.45, 2.75) is 45.8 Å². The Labute approximate surface area is 215 Å². The summed E-state index contributed by atoms with van der Waals surface area (Å²) in [5.74, 6) is -1.80. The lowest BCUT2D eigenvalue weighted by Gasteiger charge is -2.33. The predicted molar refractivity (Wildman–Crippen MR) is 138 cm³/mol. The van der Waals surface area contributed by atoms with E-state index in [1.54, 1.807) is 19.1 Å². The van der Waals surface area contributed by atoms with E-state index < -0.39 is 34.5 Å². The van der Waals surface area contributed by atoms with Crippen molar-refractivity contribution >= 4 is 43.6 Å². The summed E-state index contributed by atoms with van der Waals surface area (Å²) < 4.78 is 43.2. The Hall–Kier alpha value is -2.50. The van der Waals surface area contributed by atoms with E-state index in [9.17, 15) is 22.4 Å². The summed E-state index contributed by atoms with van der Waals surface area (Å²) in [7, 11) is -1.62. The largest absolute Gasteiger partial charge is 0.352 e. The molecule has 2 amide bonds. The number of hydrogen-bond acceptors (Lipinski definition) is 4. The van der Waals surface area contributed by atoms with Gasteiger partial charge in [0.05, 0.1) is 5.69 Å². The molecule has 11 heteroatoms. The van der Waals surface area contributed by atoms with E-state index in [1.165, 1.54) is 37.2 Å². The summed E-state index contributed by atoms with van der Waals surface area (Å²) in [6.07, 6.45) is 0.709. The number of anilines is 1. The minimum atomic E-state index is -4.22. The number of hydrogen-bond donors (Lipinski definition) is 1. The summed E-state index contributed by atoms with van der Waals surface area (Å²) in [5, 5.41) is 2.86. The Kier molecular flexibility index (Phi) is 10.2. The van der Waals surface area contributed by atoms with E-state index in [4.69, 9.17) is 0 Å². The molecule has 0 saturated carbocycles. The Morgan fingerprint density at radius 3 is 2.31 bits per heavy atom. The molecule has 2 rings (SSSR count). The smallest absolute Gasteiger partial charge is 0.304 e. The van der Waals surface area contributed by atoms with Crippen LogP contribution in [0.25, 0.3) is 0 Å². The van der Waals surface area contributed by atoms with Crippen molar-refractivity contribution < 1.29 is 22.4 Å². The summed E-state index contributed by atoms with van der Waals surface area (Å²) in [6.45, 7) is 4.74. The van der Waals surface area contributed by atoms with Crippen LogP contribution < -0.4 is 9.62 Å². The van der Waals surface area contributed by atoms with Gasteiger partial charge in [-0.3, -0.25) is 9.59 Å². The van der Waals surface area contributed by atoms with Gasteiger partial charge in [0.25, 0.3) is 0 Å². The third-order valence-corrected chi connectivity index (χ3v) is 7.85. The van der Waals surface area contributed by atoms with Crippen molar-refractivity contribution in [2.75, 3.05) is 24.9 Å². The highest BCUT2D eigenvalue weighted by Crippen LogP contribution is 2.24. The molecule has 0 radical (unpaired) electrons. The maximum absolute atomic E-state index is 14.6. The maximum Gasteiger partial charge on any atom is 0.304 e. The van der Waals surface area contributed by atoms with Crippen LogP contribution in [0.5, 0.6) is 0 Å². The SMILES string of the molecule is CC[C@H](C)NC(=O)[C@@H](C)N(Cc1cccc(Br)c1)C(=O)CN(c1ccccc1F)S(=O)(=O)N(C)C. The van der Waals surface area contributed by atoms with Crippen molar-refractivity contribution in [3.05, 3.63) is 64.4 Å². The van der Waals surface area contributed by atoms with Crippen LogP contribution in [-0.2, 0) is 26.3 Å². The van der Waals surface area contributed by atoms with Gasteiger partial charge in [-0.05, 0) is 50.1 Å². The molecule has 8 nitrogen and oxygen atoms in total. The van der Waals surface area contributed by atoms with E-state index in [0.29, 0.717) is 6.42 Å². The number of nitrogens with one attached hydrogen (secondary N) is 1. The second-order valence-corrected chi connectivity index (χ2v) is 11.4. The van der Waals surface area contributed by atoms with Gasteiger partial charge in [0.2, 0.25) is 11.8 Å². The van der Waals surface area contributed by atoms with Crippen LogP contribution in [0.2, 0.25) is 0 Å². The standard InChI is InChI=1S/C24H32BrFN4O4S/c1-6-17(2)27-24(32)18(3)29(15-19-10-9-11-20(25)14-19)23(31)16-30(35(33,34)28(4)5)22-13-8-7-12-21(22)26/h7-14,17-18H,6,15-16H2,1-5H3,(H,27,32)/t17-,18+/m0/s1. The lowest BCUT2D eigenvalue weighted by molar-refractivity contribution is -0.139. The number of para-hydroxylation sites is 1. The van der Waals surface area contributed by atoms with Gasteiger partial charge in [-0.15, -0.1) is 0 Å². The van der Waals surface area contributed by atoms with Gasteiger partial charge in [0.15, 0.2) is 0 Å². The normalized spacial score (nSPS) is 13.3. The first-order chi connectivity index (χ1) is 16.4. The van der Waals surface area contributed by atoms with E-state index in [0.717, 1.165) is 24.7 Å². The fourth-order valence-electron chi connectivity index (χ4n) is 3.24. The highest BCUT2D eigenvalue weighted by Gasteiger charge is 2.33. The van der Waals surface area contributed by atoms with Gasteiger partial charge in [-0.1, -0.05) is 47.1 Å². The Morgan fingerprint density at radius 1 is 1.09 bits per heavy atom. The zero-order valence-corrected chi connectivity index (χ0v) is 22.9. The zero-order valence-electron chi connectivity index (χ0n) is 20.5. The van der Waals surface area contributed by atoms with E-state index in [1.807, 2.05) is 26.0 Å². The minimum Gasteiger partial charge on any atom is -0.352 e. The Morgan fingerprint density at radius 2 is 1.74 bits per heavy atom. The quantitative estimate of drug-likeness (QED) is 0.447. The molecule has 0 aliphatic rings. The lowest BCUT2D eigenvalue weighted by Crippen LogP contribution is -2.53. The molecule has 0 aliphatic carbocycles. The number of carbonyl (C=O) groups is 2. The van der Waals surface area contributed by atoms with Crippen LogP contribution in [0, 0.1) is 5.82 Å². The Bertz CT molecular complexity index is 1150. The molecule has 0 fully saturated rings. The molecule has 0 saturated heterocycles. The monoisotopic (exact) mass is 570 g/mol. The number of halogens is 2. The van der Waals surface area contributed by atoms with E-state index in [2.05, 4.69) is 21.2 Å². The second-order valence-electron chi connectivity index (χ2n) is 8.39. The first-order valence-corrected chi connectivity index (χ1v) is 13.4. The van der Waals surface area contributed by atoms with Crippen LogP contribution in [0.3, 0.4) is 0 Å². The van der Waals surface area contributed by atoms with Gasteiger partial charge in [-0.25, -0.2) is 8.70 Å². The topological polar surface area (TPSA) is 90.0 Å². The maximum atomic E-state index is 14.6. The number of benzene rings is 2. The molecule has 1 N–H and O–H groups in total. The molecule has 192 valence electrons. The molecule has 35 heavy (non-hydrogen) atoms. The van der Waals surface area contributed by atoms with Crippen LogP contribution in [-0.4, -0.2) is 62.2 Å². The first kappa shape index (κ1) is 28.7. The van der Waals surface area contributed by atoms with Crippen molar-refractivity contribution in [3.63, 3.8) is 0 Å². The molecular formula is C24H32BrFN4O4S. The van der Waals surface area contributed by atoms with Gasteiger partial charge in [-0.2, -0.15) is 12.7 Å². The molecule has 0 heterocycles. The number of amides is 2. The highest BCUT2D eigenvalue weighted by atomic mass is 79.9. The van der Waals surface area contributed by atoms with Gasteiger partial charge >= 0.3 is 10.2 Å². The van der Waals surface area contributed by atoms with Crippen LogP contribution in [0.4, 0.5) is 10.1 Å². The molecule has 0 unspecified atom stereocenters. The summed E-state index contributed by atoms with van der Waals surface area (Å²) in [5.41, 5.74) is 0.484. The fourth-order valence-corrected chi connectivity index (χ4v) is 4.75. The molecule has 2 aromatic carbocycles. The van der Waals surface area contributed by atoms with Gasteiger partial charge < -0.3 is 10.2 Å². The van der Waals surface area contributed by atoms with Crippen molar-refractivity contribution in [3.8, 4) is 0 Å². The number of carbonyl (C=O) groups excluding carboxylic acids is 2. The summed E-state index contributed by atoms with van der Waals surface area (Å²) >= 11 is 3.40. The molecule has 0 aliphatic heterocycles. The summed E-state index contributed by atoms with van der Waals surface area (Å²) in [6, 6.07) is 11.6. The third-order valence-electron chi connectivity index (χ3n) is 5.55. The second kappa shape index (κ2) is 12.5. The average molecular weight is 572 g/mol. The molecule has 0 bridgehead atoms. The molecule has 2 atom stereocenters. The van der Waals surface area contributed by atoms with Gasteiger partial charge in [0.1, 0.15) is 18.4 Å². The third kappa shape index (κ3) is 7.49.